The van der Waals surface area contributed by atoms with Crippen molar-refractivity contribution in [3.63, 3.8) is 0 Å². The fourth-order valence-electron chi connectivity index (χ4n) is 1.66. The molecule has 0 aromatic rings. The second kappa shape index (κ2) is 10.8. The van der Waals surface area contributed by atoms with E-state index in [1.54, 1.807) is 0 Å². The molecule has 0 heteroatoms. The highest BCUT2D eigenvalue weighted by molar-refractivity contribution is 4.96. The van der Waals surface area contributed by atoms with Gasteiger partial charge in [-0.25, -0.2) is 0 Å². The van der Waals surface area contributed by atoms with E-state index in [1.807, 2.05) is 0 Å². The van der Waals surface area contributed by atoms with Crippen molar-refractivity contribution in [2.45, 2.75) is 71.1 Å². The van der Waals surface area contributed by atoms with Crippen molar-refractivity contribution in [2.24, 2.45) is 0 Å². The van der Waals surface area contributed by atoms with E-state index in [-0.39, 0.29) is 0 Å². The van der Waals surface area contributed by atoms with Crippen LogP contribution in [0.3, 0.4) is 0 Å². The smallest absolute Gasteiger partial charge is 0.00629 e. The van der Waals surface area contributed by atoms with Crippen LogP contribution in [0.25, 0.3) is 0 Å². The predicted molar refractivity (Wildman–Crippen MR) is 65.3 cm³/mol. The summed E-state index contributed by atoms with van der Waals surface area (Å²) < 4.78 is 0. The van der Waals surface area contributed by atoms with Gasteiger partial charge in [0.2, 0.25) is 0 Å². The molecular weight excluding hydrogens is 168 g/mol. The standard InChI is InChI=1S/C14H26/c1-4-5-6-7-8-9-10-11-12-13-14(2)3/h2H,3-13H2,1H3. The summed E-state index contributed by atoms with van der Waals surface area (Å²) >= 11 is 0. The molecule has 14 heavy (non-hydrogen) atoms. The molecule has 0 bridgehead atoms. The third kappa shape index (κ3) is 11.7. The molecule has 0 nitrogen and oxygen atoms in total. The van der Waals surface area contributed by atoms with Crippen LogP contribution in [0.5, 0.6) is 0 Å². The SMILES string of the molecule is [CH]C(=C)CCCCCCCCCCC. The molecule has 0 aliphatic rings. The van der Waals surface area contributed by atoms with Crippen molar-refractivity contribution >= 4 is 0 Å². The van der Waals surface area contributed by atoms with Gasteiger partial charge in [-0.2, -0.15) is 0 Å². The van der Waals surface area contributed by atoms with Crippen LogP contribution >= 0.6 is 0 Å². The maximum atomic E-state index is 5.49. The summed E-state index contributed by atoms with van der Waals surface area (Å²) in [4.78, 5) is 0. The lowest BCUT2D eigenvalue weighted by molar-refractivity contribution is 0.565. The third-order valence-electron chi connectivity index (χ3n) is 2.60. The second-order valence-electron chi connectivity index (χ2n) is 4.24. The highest BCUT2D eigenvalue weighted by Crippen LogP contribution is 2.11. The van der Waals surface area contributed by atoms with E-state index in [0.717, 1.165) is 12.0 Å². The minimum Gasteiger partial charge on any atom is -0.0995 e. The Balaban J connectivity index is 2.88. The molecule has 0 amide bonds. The fourth-order valence-corrected chi connectivity index (χ4v) is 1.66. The predicted octanol–water partition coefficient (Wildman–Crippen LogP) is 5.17. The van der Waals surface area contributed by atoms with Gasteiger partial charge in [0.1, 0.15) is 0 Å². The van der Waals surface area contributed by atoms with Gasteiger partial charge in [0.05, 0.1) is 0 Å². The third-order valence-corrected chi connectivity index (χ3v) is 2.60. The molecule has 0 atom stereocenters. The van der Waals surface area contributed by atoms with Crippen molar-refractivity contribution in [2.75, 3.05) is 0 Å². The molecule has 0 rings (SSSR count). The molecule has 0 aromatic carbocycles. The largest absolute Gasteiger partial charge is 0.0995 e. The molecule has 0 N–H and O–H groups in total. The van der Waals surface area contributed by atoms with E-state index >= 15 is 0 Å². The van der Waals surface area contributed by atoms with Crippen LogP contribution in [-0.4, -0.2) is 0 Å². The van der Waals surface area contributed by atoms with E-state index in [2.05, 4.69) is 13.5 Å². The zero-order valence-electron chi connectivity index (χ0n) is 9.86. The maximum absolute atomic E-state index is 5.49. The maximum Gasteiger partial charge on any atom is -0.00629 e. The number of hydrogen-bond acceptors (Lipinski definition) is 0. The van der Waals surface area contributed by atoms with Gasteiger partial charge in [-0.05, 0) is 19.8 Å². The molecule has 0 spiro atoms. The zero-order valence-corrected chi connectivity index (χ0v) is 9.86. The average molecular weight is 194 g/mol. The van der Waals surface area contributed by atoms with Crippen LogP contribution in [0.4, 0.5) is 0 Å². The molecule has 0 saturated carbocycles. The molecule has 0 aromatic heterocycles. The Bertz CT molecular complexity index is 124. The van der Waals surface area contributed by atoms with Gasteiger partial charge in [-0.3, -0.25) is 0 Å². The summed E-state index contributed by atoms with van der Waals surface area (Å²) in [5.74, 6) is 0. The molecule has 0 aliphatic carbocycles. The normalized spacial score (nSPS) is 10.4. The van der Waals surface area contributed by atoms with Crippen LogP contribution in [0.1, 0.15) is 71.1 Å². The molecular formula is C14H26. The molecule has 0 fully saturated rings. The summed E-state index contributed by atoms with van der Waals surface area (Å²) in [6.07, 6.45) is 13.4. The fraction of sp³-hybridized carbons (Fsp3) is 0.786. The van der Waals surface area contributed by atoms with Gasteiger partial charge in [0, 0.05) is 0 Å². The quantitative estimate of drug-likeness (QED) is 0.421. The van der Waals surface area contributed by atoms with E-state index in [1.165, 1.54) is 57.8 Å². The molecule has 0 aliphatic heterocycles. The Morgan fingerprint density at radius 3 is 1.71 bits per heavy atom. The molecule has 0 unspecified atom stereocenters. The number of hydrogen-bond donors (Lipinski definition) is 0. The van der Waals surface area contributed by atoms with Crippen LogP contribution in [0, 0.1) is 6.92 Å². The van der Waals surface area contributed by atoms with Crippen molar-refractivity contribution in [3.05, 3.63) is 19.1 Å². The zero-order chi connectivity index (χ0) is 10.6. The van der Waals surface area contributed by atoms with E-state index in [9.17, 15) is 0 Å². The average Bonchev–Trinajstić information content (AvgIpc) is 2.15. The van der Waals surface area contributed by atoms with Crippen LogP contribution in [-0.2, 0) is 0 Å². The van der Waals surface area contributed by atoms with Gasteiger partial charge >= 0.3 is 0 Å². The van der Waals surface area contributed by atoms with Gasteiger partial charge in [0.15, 0.2) is 0 Å². The first-order valence-corrected chi connectivity index (χ1v) is 6.20. The highest BCUT2D eigenvalue weighted by Gasteiger charge is 1.92. The van der Waals surface area contributed by atoms with Gasteiger partial charge in [-0.1, -0.05) is 70.4 Å². The summed E-state index contributed by atoms with van der Waals surface area (Å²) in [6, 6.07) is 0. The Hall–Kier alpha value is -0.260. The molecule has 0 heterocycles. The first kappa shape index (κ1) is 13.7. The topological polar surface area (TPSA) is 0 Å². The van der Waals surface area contributed by atoms with Crippen LogP contribution in [0.15, 0.2) is 12.2 Å². The van der Waals surface area contributed by atoms with Gasteiger partial charge in [-0.15, -0.1) is 0 Å². The van der Waals surface area contributed by atoms with Gasteiger partial charge in [0.25, 0.3) is 0 Å². The van der Waals surface area contributed by atoms with Crippen molar-refractivity contribution in [1.29, 1.82) is 0 Å². The minimum atomic E-state index is 0.841. The van der Waals surface area contributed by atoms with Crippen LogP contribution in [0.2, 0.25) is 0 Å². The first-order chi connectivity index (χ1) is 6.77. The lowest BCUT2D eigenvalue weighted by atomic mass is 10.1. The summed E-state index contributed by atoms with van der Waals surface area (Å²) in [5, 5.41) is 0. The van der Waals surface area contributed by atoms with E-state index in [4.69, 9.17) is 6.92 Å². The monoisotopic (exact) mass is 194 g/mol. The van der Waals surface area contributed by atoms with E-state index in [0.29, 0.717) is 0 Å². The Labute approximate surface area is 90.8 Å². The number of unbranched alkanes of at least 4 members (excludes halogenated alkanes) is 8. The lowest BCUT2D eigenvalue weighted by Crippen LogP contribution is -1.82. The summed E-state index contributed by atoms with van der Waals surface area (Å²) in [5.41, 5.74) is 0.841. The van der Waals surface area contributed by atoms with Crippen molar-refractivity contribution < 1.29 is 0 Å². The molecule has 2 radical (unpaired) electrons. The number of rotatable bonds is 10. The first-order valence-electron chi connectivity index (χ1n) is 6.20. The molecule has 0 saturated heterocycles. The van der Waals surface area contributed by atoms with E-state index < -0.39 is 0 Å². The Morgan fingerprint density at radius 1 is 0.857 bits per heavy atom. The Morgan fingerprint density at radius 2 is 1.29 bits per heavy atom. The molecule has 82 valence electrons. The van der Waals surface area contributed by atoms with Crippen LogP contribution < -0.4 is 0 Å². The summed E-state index contributed by atoms with van der Waals surface area (Å²) in [7, 11) is 0. The Kier molecular flexibility index (Phi) is 10.6. The minimum absolute atomic E-state index is 0.841. The summed E-state index contributed by atoms with van der Waals surface area (Å²) in [6.45, 7) is 11.5. The van der Waals surface area contributed by atoms with Crippen molar-refractivity contribution in [1.82, 2.24) is 0 Å². The second-order valence-corrected chi connectivity index (χ2v) is 4.24. The van der Waals surface area contributed by atoms with Gasteiger partial charge < -0.3 is 0 Å². The highest BCUT2D eigenvalue weighted by atomic mass is 14.0. The number of allylic oxidation sites excluding steroid dienone is 1. The lowest BCUT2D eigenvalue weighted by Gasteiger charge is -2.01. The van der Waals surface area contributed by atoms with Crippen molar-refractivity contribution in [3.8, 4) is 0 Å².